The van der Waals surface area contributed by atoms with Crippen molar-refractivity contribution < 1.29 is 37.4 Å². The van der Waals surface area contributed by atoms with E-state index in [1.807, 2.05) is 0 Å². The van der Waals surface area contributed by atoms with E-state index in [9.17, 15) is 27.9 Å². The number of carboxylic acid groups (broad SMARTS) is 1. The topological polar surface area (TPSA) is 190 Å². The minimum Gasteiger partial charge on any atom is -0.493 e. The van der Waals surface area contributed by atoms with Crippen molar-refractivity contribution in [1.29, 1.82) is 0 Å². The minimum absolute atomic E-state index is 0.0297. The van der Waals surface area contributed by atoms with Gasteiger partial charge in [0, 0.05) is 18.4 Å². The van der Waals surface area contributed by atoms with Crippen LogP contribution in [0.5, 0.6) is 11.5 Å². The van der Waals surface area contributed by atoms with E-state index in [0.717, 1.165) is 0 Å². The maximum absolute atomic E-state index is 14.5. The number of nitrogens with one attached hydrogen (secondary N) is 2. The molecule has 1 aliphatic heterocycles. The van der Waals surface area contributed by atoms with Crippen molar-refractivity contribution in [3.8, 4) is 11.5 Å². The van der Waals surface area contributed by atoms with E-state index in [2.05, 4.69) is 15.6 Å². The highest BCUT2D eigenvalue weighted by Gasteiger charge is 2.38. The number of carbonyl (C=O) groups excluding carboxylic acids is 2. The highest BCUT2D eigenvalue weighted by atomic mass is 32.2. The van der Waals surface area contributed by atoms with Gasteiger partial charge in [-0.25, -0.2) is 13.2 Å². The van der Waals surface area contributed by atoms with Gasteiger partial charge >= 0.3 is 6.09 Å². The zero-order valence-electron chi connectivity index (χ0n) is 24.7. The van der Waals surface area contributed by atoms with Gasteiger partial charge < -0.3 is 30.5 Å². The fourth-order valence-corrected chi connectivity index (χ4v) is 6.47. The molecule has 44 heavy (non-hydrogen) atoms. The molecule has 0 aliphatic carbocycles. The molecule has 4 rings (SSSR count). The molecule has 1 saturated heterocycles. The molecule has 5 N–H and O–H groups in total. The fraction of sp³-hybridized carbons (Fsp3) is 0.333. The Labute approximate surface area is 255 Å². The second kappa shape index (κ2) is 13.2. The Hall–Kier alpha value is -4.85. The van der Waals surface area contributed by atoms with Crippen LogP contribution < -0.4 is 25.8 Å². The zero-order valence-corrected chi connectivity index (χ0v) is 25.6. The largest absolute Gasteiger partial charge is 0.493 e. The molecular weight excluding hydrogens is 590 g/mol. The van der Waals surface area contributed by atoms with Gasteiger partial charge in [0.1, 0.15) is 6.04 Å². The maximum atomic E-state index is 14.5. The van der Waals surface area contributed by atoms with Gasteiger partial charge in [0.15, 0.2) is 21.3 Å². The first-order valence-electron chi connectivity index (χ1n) is 13.8. The number of hydrogen-bond donors (Lipinski definition) is 4. The monoisotopic (exact) mass is 625 g/mol. The number of nitrogens with two attached hydrogens (primary N) is 1. The average molecular weight is 626 g/mol. The number of methoxy groups -OCH3 is 2. The van der Waals surface area contributed by atoms with E-state index in [-0.39, 0.29) is 16.1 Å². The number of primary amides is 1. The standard InChI is InChI=1S/C30H35N5O8S/c1-17(2)44(40,41)26-10-8-20(34-30(38)39)14-22(26)23-6-5-11-35(23)29(37)27(18-7-9-24(42-3)25(13-18)43-4)33-21-12-19(28(31)36)15-32-16-21/h7-10,12-17,23,27,33-34H,5-6,11H2,1-4H3,(H2,31,36)(H,38,39)/t23-,27+/m1/s1. The molecule has 234 valence electrons. The molecule has 2 aromatic carbocycles. The summed E-state index contributed by atoms with van der Waals surface area (Å²) in [6, 6.07) is 9.00. The lowest BCUT2D eigenvalue weighted by Gasteiger charge is -2.32. The summed E-state index contributed by atoms with van der Waals surface area (Å²) in [6.45, 7) is 3.43. The van der Waals surface area contributed by atoms with Crippen LogP contribution in [0.3, 0.4) is 0 Å². The number of carbonyl (C=O) groups is 3. The Balaban J connectivity index is 1.83. The number of amides is 3. The first-order valence-corrected chi connectivity index (χ1v) is 15.3. The molecule has 1 aliphatic rings. The third-order valence-electron chi connectivity index (χ3n) is 7.40. The Bertz CT molecular complexity index is 1680. The van der Waals surface area contributed by atoms with Gasteiger partial charge in [0.2, 0.25) is 11.8 Å². The van der Waals surface area contributed by atoms with Crippen molar-refractivity contribution in [2.24, 2.45) is 5.73 Å². The number of hydrogen-bond acceptors (Lipinski definition) is 9. The van der Waals surface area contributed by atoms with E-state index in [4.69, 9.17) is 15.2 Å². The van der Waals surface area contributed by atoms with E-state index in [1.165, 1.54) is 50.9 Å². The van der Waals surface area contributed by atoms with E-state index in [0.29, 0.717) is 47.7 Å². The van der Waals surface area contributed by atoms with Crippen LogP contribution in [0.2, 0.25) is 0 Å². The molecule has 0 radical (unpaired) electrons. The Morgan fingerprint density at radius 2 is 1.75 bits per heavy atom. The molecule has 14 heteroatoms. The molecule has 3 amide bonds. The SMILES string of the molecule is COc1ccc([C@H](Nc2cncc(C(N)=O)c2)C(=O)N2CCC[C@@H]2c2cc(NC(=O)O)ccc2S(=O)(=O)C(C)C)cc1OC. The molecule has 0 spiro atoms. The third-order valence-corrected chi connectivity index (χ3v) is 9.63. The molecule has 1 aromatic heterocycles. The second-order valence-corrected chi connectivity index (χ2v) is 13.0. The number of likely N-dealkylation sites (tertiary alicyclic amines) is 1. The molecule has 0 unspecified atom stereocenters. The van der Waals surface area contributed by atoms with Crippen molar-refractivity contribution in [3.63, 3.8) is 0 Å². The maximum Gasteiger partial charge on any atom is 0.409 e. The number of nitrogens with zero attached hydrogens (tertiary/aromatic N) is 2. The van der Waals surface area contributed by atoms with Crippen LogP contribution in [-0.2, 0) is 14.6 Å². The number of aromatic nitrogens is 1. The normalized spacial score (nSPS) is 15.5. The van der Waals surface area contributed by atoms with Crippen LogP contribution >= 0.6 is 0 Å². The van der Waals surface area contributed by atoms with Gasteiger partial charge in [-0.2, -0.15) is 0 Å². The Morgan fingerprint density at radius 1 is 1.02 bits per heavy atom. The number of ether oxygens (including phenoxy) is 2. The van der Waals surface area contributed by atoms with Crippen LogP contribution in [0.1, 0.15) is 60.3 Å². The van der Waals surface area contributed by atoms with E-state index < -0.39 is 45.1 Å². The molecular formula is C30H35N5O8S. The molecule has 1 fully saturated rings. The van der Waals surface area contributed by atoms with Gasteiger partial charge in [-0.15, -0.1) is 0 Å². The summed E-state index contributed by atoms with van der Waals surface area (Å²) in [6.07, 6.45) is 2.47. The molecule has 2 atom stereocenters. The second-order valence-electron chi connectivity index (χ2n) is 10.5. The highest BCUT2D eigenvalue weighted by Crippen LogP contribution is 2.40. The first kappa shape index (κ1) is 32.1. The predicted molar refractivity (Wildman–Crippen MR) is 163 cm³/mol. The van der Waals surface area contributed by atoms with Crippen LogP contribution in [0.4, 0.5) is 16.2 Å². The van der Waals surface area contributed by atoms with Crippen LogP contribution in [0.15, 0.2) is 59.8 Å². The molecule has 2 heterocycles. The van der Waals surface area contributed by atoms with Crippen molar-refractivity contribution in [2.75, 3.05) is 31.4 Å². The van der Waals surface area contributed by atoms with Crippen molar-refractivity contribution in [3.05, 3.63) is 71.5 Å². The van der Waals surface area contributed by atoms with Gasteiger partial charge in [-0.3, -0.25) is 19.9 Å². The predicted octanol–water partition coefficient (Wildman–Crippen LogP) is 3.99. The summed E-state index contributed by atoms with van der Waals surface area (Å²) in [5, 5.41) is 14.0. The molecule has 13 nitrogen and oxygen atoms in total. The summed E-state index contributed by atoms with van der Waals surface area (Å²) in [5.74, 6) is -0.258. The summed E-state index contributed by atoms with van der Waals surface area (Å²) >= 11 is 0. The molecule has 3 aromatic rings. The van der Waals surface area contributed by atoms with E-state index >= 15 is 0 Å². The van der Waals surface area contributed by atoms with Gasteiger partial charge in [0.05, 0.1) is 47.9 Å². The zero-order chi connectivity index (χ0) is 32.2. The Morgan fingerprint density at radius 3 is 2.39 bits per heavy atom. The summed E-state index contributed by atoms with van der Waals surface area (Å²) in [4.78, 5) is 43.4. The lowest BCUT2D eigenvalue weighted by Crippen LogP contribution is -2.38. The summed E-state index contributed by atoms with van der Waals surface area (Å²) in [5.41, 5.74) is 6.93. The van der Waals surface area contributed by atoms with Crippen LogP contribution in [0.25, 0.3) is 0 Å². The minimum atomic E-state index is -3.80. The summed E-state index contributed by atoms with van der Waals surface area (Å²) in [7, 11) is -0.841. The summed E-state index contributed by atoms with van der Waals surface area (Å²) < 4.78 is 37.7. The number of anilines is 2. The van der Waals surface area contributed by atoms with Gasteiger partial charge in [-0.1, -0.05) is 6.07 Å². The van der Waals surface area contributed by atoms with Crippen LogP contribution in [-0.4, -0.2) is 67.3 Å². The Kier molecular flexibility index (Phi) is 9.62. The molecule has 0 bridgehead atoms. The number of sulfone groups is 1. The van der Waals surface area contributed by atoms with Crippen molar-refractivity contribution in [1.82, 2.24) is 9.88 Å². The van der Waals surface area contributed by atoms with E-state index in [1.54, 1.807) is 36.9 Å². The third kappa shape index (κ3) is 6.70. The fourth-order valence-electron chi connectivity index (χ4n) is 5.18. The van der Waals surface area contributed by atoms with Crippen LogP contribution in [0, 0.1) is 0 Å². The first-order chi connectivity index (χ1) is 20.9. The van der Waals surface area contributed by atoms with Gasteiger partial charge in [0.25, 0.3) is 0 Å². The number of benzene rings is 2. The van der Waals surface area contributed by atoms with Crippen molar-refractivity contribution in [2.45, 2.75) is 48.9 Å². The smallest absolute Gasteiger partial charge is 0.409 e. The molecule has 0 saturated carbocycles. The highest BCUT2D eigenvalue weighted by molar-refractivity contribution is 7.92. The quantitative estimate of drug-likeness (QED) is 0.242. The van der Waals surface area contributed by atoms with Crippen molar-refractivity contribution >= 4 is 39.1 Å². The average Bonchev–Trinajstić information content (AvgIpc) is 3.49. The van der Waals surface area contributed by atoms with Gasteiger partial charge in [-0.05, 0) is 74.2 Å². The number of pyridine rings is 1. The number of rotatable bonds is 11. The lowest BCUT2D eigenvalue weighted by atomic mass is 10.0. The lowest BCUT2D eigenvalue weighted by molar-refractivity contribution is -0.133.